The molecule has 1 aromatic heterocycles. The first-order valence-corrected chi connectivity index (χ1v) is 13.6. The lowest BCUT2D eigenvalue weighted by Gasteiger charge is -2.34. The molecule has 0 atom stereocenters. The zero-order valence-corrected chi connectivity index (χ0v) is 23.3. The van der Waals surface area contributed by atoms with Crippen LogP contribution in [0.1, 0.15) is 27.2 Å². The molecule has 0 saturated carbocycles. The summed E-state index contributed by atoms with van der Waals surface area (Å²) in [6.07, 6.45) is 0. The normalized spacial score (nSPS) is 13.4. The fourth-order valence-electron chi connectivity index (χ4n) is 5.08. The molecule has 0 radical (unpaired) electrons. The second-order valence-electron chi connectivity index (χ2n) is 10.1. The van der Waals surface area contributed by atoms with Crippen LogP contribution in [0.4, 0.5) is 0 Å². The molecular weight excluding hydrogens is 502 g/mol. The van der Waals surface area contributed by atoms with Crippen LogP contribution in [0.2, 0.25) is 0 Å². The highest BCUT2D eigenvalue weighted by Gasteiger charge is 2.28. The second-order valence-corrected chi connectivity index (χ2v) is 10.1. The van der Waals surface area contributed by atoms with E-state index in [0.717, 1.165) is 34.0 Å². The predicted octanol–water partition coefficient (Wildman–Crippen LogP) is 5.27. The molecule has 0 unspecified atom stereocenters. The van der Waals surface area contributed by atoms with E-state index in [9.17, 15) is 9.59 Å². The summed E-state index contributed by atoms with van der Waals surface area (Å²) in [6, 6.07) is 28.0. The lowest BCUT2D eigenvalue weighted by molar-refractivity contribution is -0.138. The lowest BCUT2D eigenvalue weighted by Crippen LogP contribution is -2.51. The molecule has 3 aromatic carbocycles. The van der Waals surface area contributed by atoms with Gasteiger partial charge in [-0.25, -0.2) is 0 Å². The molecule has 1 saturated heterocycles. The number of rotatable bonds is 8. The quantitative estimate of drug-likeness (QED) is 0.307. The molecule has 0 spiro atoms. The number of benzene rings is 3. The Labute approximate surface area is 235 Å². The van der Waals surface area contributed by atoms with Crippen molar-refractivity contribution in [3.63, 3.8) is 0 Å². The third-order valence-corrected chi connectivity index (χ3v) is 7.41. The van der Waals surface area contributed by atoms with Crippen molar-refractivity contribution < 1.29 is 19.1 Å². The van der Waals surface area contributed by atoms with Crippen LogP contribution in [0, 0.1) is 13.8 Å². The number of hydrogen-bond acceptors (Lipinski definition) is 4. The maximum Gasteiger partial charge on any atom is 0.255 e. The van der Waals surface area contributed by atoms with Crippen molar-refractivity contribution in [2.24, 2.45) is 0 Å². The Balaban J connectivity index is 1.30. The Kier molecular flexibility index (Phi) is 8.31. The molecule has 7 nitrogen and oxygen atoms in total. The van der Waals surface area contributed by atoms with Gasteiger partial charge in [0.2, 0.25) is 5.91 Å². The van der Waals surface area contributed by atoms with Crippen LogP contribution < -0.4 is 4.74 Å². The van der Waals surface area contributed by atoms with Crippen molar-refractivity contribution in [3.05, 3.63) is 107 Å². The van der Waals surface area contributed by atoms with E-state index in [-0.39, 0.29) is 18.4 Å². The van der Waals surface area contributed by atoms with Crippen LogP contribution in [0.15, 0.2) is 84.9 Å². The van der Waals surface area contributed by atoms with Gasteiger partial charge in [0.1, 0.15) is 12.4 Å². The number of nitrogens with zero attached hydrogens (tertiary/aromatic N) is 3. The van der Waals surface area contributed by atoms with Gasteiger partial charge in [-0.2, -0.15) is 0 Å². The highest BCUT2D eigenvalue weighted by molar-refractivity contribution is 5.97. The zero-order chi connectivity index (χ0) is 28.1. The number of carbonyl (C=O) groups is 2. The van der Waals surface area contributed by atoms with E-state index in [4.69, 9.17) is 9.47 Å². The predicted molar refractivity (Wildman–Crippen MR) is 156 cm³/mol. The molecule has 7 heteroatoms. The van der Waals surface area contributed by atoms with E-state index in [1.165, 1.54) is 5.56 Å². The molecule has 1 aliphatic heterocycles. The van der Waals surface area contributed by atoms with Crippen LogP contribution in [0.5, 0.6) is 5.75 Å². The van der Waals surface area contributed by atoms with Crippen molar-refractivity contribution in [2.75, 3.05) is 39.9 Å². The average molecular weight is 538 g/mol. The Morgan fingerprint density at radius 3 is 2.10 bits per heavy atom. The number of ether oxygens (including phenoxy) is 2. The number of aryl methyl sites for hydroxylation is 1. The summed E-state index contributed by atoms with van der Waals surface area (Å²) < 4.78 is 13.1. The second kappa shape index (κ2) is 12.2. The molecule has 1 fully saturated rings. The van der Waals surface area contributed by atoms with Gasteiger partial charge in [0.15, 0.2) is 0 Å². The van der Waals surface area contributed by atoms with E-state index in [2.05, 4.69) is 35.8 Å². The van der Waals surface area contributed by atoms with Crippen LogP contribution >= 0.6 is 0 Å². The van der Waals surface area contributed by atoms with Gasteiger partial charge in [0.25, 0.3) is 5.91 Å². The van der Waals surface area contributed by atoms with Crippen molar-refractivity contribution in [1.82, 2.24) is 14.4 Å². The molecule has 2 heterocycles. The number of aromatic nitrogens is 1. The van der Waals surface area contributed by atoms with Gasteiger partial charge in [-0.1, -0.05) is 48.0 Å². The summed E-state index contributed by atoms with van der Waals surface area (Å²) in [7, 11) is 1.65. The van der Waals surface area contributed by atoms with E-state index in [0.29, 0.717) is 38.3 Å². The van der Waals surface area contributed by atoms with Crippen molar-refractivity contribution in [3.8, 4) is 22.7 Å². The van der Waals surface area contributed by atoms with Crippen LogP contribution in [0.3, 0.4) is 0 Å². The molecule has 0 aliphatic carbocycles. The average Bonchev–Trinajstić information content (AvgIpc) is 3.34. The topological polar surface area (TPSA) is 64.0 Å². The Morgan fingerprint density at radius 1 is 0.800 bits per heavy atom. The summed E-state index contributed by atoms with van der Waals surface area (Å²) in [6.45, 7) is 6.43. The smallest absolute Gasteiger partial charge is 0.255 e. The Bertz CT molecular complexity index is 1450. The zero-order valence-electron chi connectivity index (χ0n) is 23.3. The fraction of sp³-hybridized carbons (Fsp3) is 0.273. The first kappa shape index (κ1) is 27.2. The van der Waals surface area contributed by atoms with E-state index >= 15 is 0 Å². The number of piperazine rings is 1. The number of methoxy groups -OCH3 is 1. The van der Waals surface area contributed by atoms with Gasteiger partial charge in [0, 0.05) is 37.6 Å². The highest BCUT2D eigenvalue weighted by Crippen LogP contribution is 2.31. The SMILES string of the molecule is COc1ccc(-c2cc(C(=O)N3CCN(C(=O)COCc4ccccc4)CC3)c(C)n2-c2ccc(C)cc2)cc1. The molecule has 1 aliphatic rings. The van der Waals surface area contributed by atoms with Gasteiger partial charge in [-0.3, -0.25) is 9.59 Å². The van der Waals surface area contributed by atoms with Gasteiger partial charge in [0.05, 0.1) is 25.0 Å². The first-order chi connectivity index (χ1) is 19.4. The molecule has 0 bridgehead atoms. The Hall–Kier alpha value is -4.36. The summed E-state index contributed by atoms with van der Waals surface area (Å²) in [4.78, 5) is 30.1. The maximum absolute atomic E-state index is 13.8. The molecule has 0 N–H and O–H groups in total. The monoisotopic (exact) mass is 537 g/mol. The van der Waals surface area contributed by atoms with Crippen molar-refractivity contribution in [1.29, 1.82) is 0 Å². The number of amides is 2. The van der Waals surface area contributed by atoms with Crippen molar-refractivity contribution >= 4 is 11.8 Å². The van der Waals surface area contributed by atoms with Gasteiger partial charge in [-0.15, -0.1) is 0 Å². The van der Waals surface area contributed by atoms with E-state index in [1.54, 1.807) is 12.0 Å². The third-order valence-electron chi connectivity index (χ3n) is 7.41. The summed E-state index contributed by atoms with van der Waals surface area (Å²) >= 11 is 0. The minimum atomic E-state index is -0.0495. The fourth-order valence-corrected chi connectivity index (χ4v) is 5.08. The lowest BCUT2D eigenvalue weighted by atomic mass is 10.1. The molecule has 4 aromatic rings. The molecule has 2 amide bonds. The third kappa shape index (κ3) is 5.95. The minimum absolute atomic E-state index is 0.0226. The summed E-state index contributed by atoms with van der Waals surface area (Å²) in [5.41, 5.74) is 6.69. The van der Waals surface area contributed by atoms with Gasteiger partial charge in [-0.05, 0) is 67.4 Å². The molecule has 40 heavy (non-hydrogen) atoms. The van der Waals surface area contributed by atoms with Crippen molar-refractivity contribution in [2.45, 2.75) is 20.5 Å². The van der Waals surface area contributed by atoms with Gasteiger partial charge >= 0.3 is 0 Å². The maximum atomic E-state index is 13.8. The molecular formula is C33H35N3O4. The van der Waals surface area contributed by atoms with E-state index in [1.807, 2.05) is 72.5 Å². The summed E-state index contributed by atoms with van der Waals surface area (Å²) in [5, 5.41) is 0. The highest BCUT2D eigenvalue weighted by atomic mass is 16.5. The standard InChI is InChI=1S/C33H35N3O4/c1-24-9-13-28(14-10-24)36-25(2)30(21-31(36)27-11-15-29(39-3)16-12-27)33(38)35-19-17-34(18-20-35)32(37)23-40-22-26-7-5-4-6-8-26/h4-16,21H,17-20,22-23H2,1-3H3. The minimum Gasteiger partial charge on any atom is -0.497 e. The first-order valence-electron chi connectivity index (χ1n) is 13.6. The Morgan fingerprint density at radius 2 is 1.45 bits per heavy atom. The van der Waals surface area contributed by atoms with Crippen LogP contribution in [-0.2, 0) is 16.1 Å². The molecule has 5 rings (SSSR count). The van der Waals surface area contributed by atoms with Gasteiger partial charge < -0.3 is 23.8 Å². The van der Waals surface area contributed by atoms with E-state index < -0.39 is 0 Å². The largest absolute Gasteiger partial charge is 0.497 e. The molecule has 206 valence electrons. The van der Waals surface area contributed by atoms with Crippen LogP contribution in [0.25, 0.3) is 16.9 Å². The number of carbonyl (C=O) groups excluding carboxylic acids is 2. The number of hydrogen-bond donors (Lipinski definition) is 0. The summed E-state index contributed by atoms with van der Waals surface area (Å²) in [5.74, 6) is 0.708. The van der Waals surface area contributed by atoms with Crippen LogP contribution in [-0.4, -0.2) is 66.1 Å².